The molecule has 0 atom stereocenters. The maximum atomic E-state index is 3.51. The molecule has 0 saturated heterocycles. The molecule has 17 heavy (non-hydrogen) atoms. The normalized spacial score (nSPS) is 10.4. The Morgan fingerprint density at radius 3 is 2.18 bits per heavy atom. The van der Waals surface area contributed by atoms with Crippen molar-refractivity contribution >= 4 is 47.4 Å². The number of rotatable bonds is 0. The average Bonchev–Trinajstić information content (AvgIpc) is 2.67. The van der Waals surface area contributed by atoms with Crippen molar-refractivity contribution in [2.75, 3.05) is 0 Å². The predicted octanol–water partition coefficient (Wildman–Crippen LogP) is 6.15. The molecule has 2 heteroatoms. The van der Waals surface area contributed by atoms with Crippen LogP contribution in [0.15, 0.2) is 40.9 Å². The maximum Gasteiger partial charge on any atom is 0.0366 e. The van der Waals surface area contributed by atoms with Gasteiger partial charge in [0.05, 0.1) is 0 Å². The van der Waals surface area contributed by atoms with Crippen LogP contribution in [0.3, 0.4) is 0 Å². The summed E-state index contributed by atoms with van der Waals surface area (Å²) in [6, 6.07) is 13.1. The monoisotopic (exact) mass is 306 g/mol. The molecule has 0 nitrogen and oxygen atoms in total. The summed E-state index contributed by atoms with van der Waals surface area (Å²) in [7, 11) is 0. The summed E-state index contributed by atoms with van der Waals surface area (Å²) in [5.74, 6) is 0. The van der Waals surface area contributed by atoms with E-state index in [0.717, 1.165) is 4.47 Å². The minimum Gasteiger partial charge on any atom is -0.135 e. The predicted molar refractivity (Wildman–Crippen MR) is 83.1 cm³/mol. The van der Waals surface area contributed by atoms with E-state index < -0.39 is 0 Å². The Bertz CT molecular complexity index is 596. The molecule has 0 unspecified atom stereocenters. The molecule has 0 N–H and O–H groups in total. The van der Waals surface area contributed by atoms with Crippen molar-refractivity contribution in [2.24, 2.45) is 0 Å². The first kappa shape index (κ1) is 12.6. The lowest BCUT2D eigenvalue weighted by atomic mass is 10.1. The SMILES string of the molecule is CC.Cc1ccc2c(c1)sc1cc(Br)ccc12. The summed E-state index contributed by atoms with van der Waals surface area (Å²) in [6.07, 6.45) is 0. The topological polar surface area (TPSA) is 0 Å². The highest BCUT2D eigenvalue weighted by molar-refractivity contribution is 9.10. The summed E-state index contributed by atoms with van der Waals surface area (Å²) in [6.45, 7) is 6.14. The van der Waals surface area contributed by atoms with Crippen LogP contribution in [-0.4, -0.2) is 0 Å². The first-order chi connectivity index (χ1) is 8.24. The summed E-state index contributed by atoms with van der Waals surface area (Å²) >= 11 is 5.37. The molecule has 0 aliphatic carbocycles. The Kier molecular flexibility index (Phi) is 3.85. The van der Waals surface area contributed by atoms with E-state index >= 15 is 0 Å². The molecular weight excluding hydrogens is 292 g/mol. The summed E-state index contributed by atoms with van der Waals surface area (Å²) in [5.41, 5.74) is 1.33. The van der Waals surface area contributed by atoms with E-state index in [2.05, 4.69) is 59.3 Å². The fourth-order valence-corrected chi connectivity index (χ4v) is 3.61. The van der Waals surface area contributed by atoms with Gasteiger partial charge in [0, 0.05) is 24.6 Å². The van der Waals surface area contributed by atoms with Gasteiger partial charge in [-0.2, -0.15) is 0 Å². The van der Waals surface area contributed by atoms with Gasteiger partial charge in [-0.05, 0) is 30.7 Å². The van der Waals surface area contributed by atoms with E-state index in [9.17, 15) is 0 Å². The van der Waals surface area contributed by atoms with Crippen molar-refractivity contribution in [3.63, 3.8) is 0 Å². The van der Waals surface area contributed by atoms with Crippen LogP contribution in [0.25, 0.3) is 20.2 Å². The van der Waals surface area contributed by atoms with E-state index in [1.807, 2.05) is 25.2 Å². The van der Waals surface area contributed by atoms with Gasteiger partial charge in [0.15, 0.2) is 0 Å². The first-order valence-corrected chi connectivity index (χ1v) is 7.43. The minimum atomic E-state index is 1.15. The standard InChI is InChI=1S/C13H9BrS.C2H6/c1-8-2-4-10-11-5-3-9(14)7-13(11)15-12(10)6-8;1-2/h2-7H,1H3;1-2H3. The molecule has 3 aromatic rings. The second-order valence-electron chi connectivity index (χ2n) is 3.74. The van der Waals surface area contributed by atoms with Gasteiger partial charge in [0.25, 0.3) is 0 Å². The molecule has 88 valence electrons. The highest BCUT2D eigenvalue weighted by Gasteiger charge is 2.04. The number of aryl methyl sites for hydroxylation is 1. The molecule has 3 rings (SSSR count). The van der Waals surface area contributed by atoms with Crippen LogP contribution in [0, 0.1) is 6.92 Å². The van der Waals surface area contributed by atoms with Crippen molar-refractivity contribution in [1.29, 1.82) is 0 Å². The smallest absolute Gasteiger partial charge is 0.0366 e. The van der Waals surface area contributed by atoms with E-state index in [1.54, 1.807) is 0 Å². The molecule has 0 fully saturated rings. The molecule has 0 radical (unpaired) electrons. The first-order valence-electron chi connectivity index (χ1n) is 5.82. The fourth-order valence-electron chi connectivity index (χ4n) is 1.86. The maximum absolute atomic E-state index is 3.51. The van der Waals surface area contributed by atoms with Gasteiger partial charge < -0.3 is 0 Å². The molecule has 0 spiro atoms. The third kappa shape index (κ3) is 2.38. The van der Waals surface area contributed by atoms with E-state index in [1.165, 1.54) is 25.7 Å². The van der Waals surface area contributed by atoms with Crippen molar-refractivity contribution in [3.8, 4) is 0 Å². The number of thiophene rings is 1. The van der Waals surface area contributed by atoms with Gasteiger partial charge in [-0.1, -0.05) is 48.0 Å². The molecule has 0 bridgehead atoms. The van der Waals surface area contributed by atoms with E-state index in [0.29, 0.717) is 0 Å². The van der Waals surface area contributed by atoms with Crippen LogP contribution in [0.4, 0.5) is 0 Å². The Balaban J connectivity index is 0.000000514. The van der Waals surface area contributed by atoms with Gasteiger partial charge in [-0.3, -0.25) is 0 Å². The van der Waals surface area contributed by atoms with Gasteiger partial charge in [0.2, 0.25) is 0 Å². The second-order valence-corrected chi connectivity index (χ2v) is 5.74. The molecule has 0 saturated carbocycles. The Hall–Kier alpha value is -0.860. The quantitative estimate of drug-likeness (QED) is 0.467. The average molecular weight is 307 g/mol. The molecule has 0 aliphatic rings. The number of halogens is 1. The van der Waals surface area contributed by atoms with Crippen LogP contribution in [-0.2, 0) is 0 Å². The number of benzene rings is 2. The number of hydrogen-bond donors (Lipinski definition) is 0. The van der Waals surface area contributed by atoms with Crippen LogP contribution in [0.5, 0.6) is 0 Å². The van der Waals surface area contributed by atoms with Gasteiger partial charge >= 0.3 is 0 Å². The number of hydrogen-bond acceptors (Lipinski definition) is 1. The Morgan fingerprint density at radius 1 is 0.882 bits per heavy atom. The Morgan fingerprint density at radius 2 is 1.47 bits per heavy atom. The molecule has 0 aliphatic heterocycles. The minimum absolute atomic E-state index is 1.15. The second kappa shape index (κ2) is 5.19. The van der Waals surface area contributed by atoms with Gasteiger partial charge in [0.1, 0.15) is 0 Å². The summed E-state index contributed by atoms with van der Waals surface area (Å²) < 4.78 is 3.88. The lowest BCUT2D eigenvalue weighted by Gasteiger charge is -1.93. The van der Waals surface area contributed by atoms with Crippen LogP contribution < -0.4 is 0 Å². The molecular formula is C15H15BrS. The van der Waals surface area contributed by atoms with Crippen molar-refractivity contribution < 1.29 is 0 Å². The molecule has 1 heterocycles. The van der Waals surface area contributed by atoms with Crippen LogP contribution >= 0.6 is 27.3 Å². The summed E-state index contributed by atoms with van der Waals surface area (Å²) in [5, 5.41) is 2.73. The van der Waals surface area contributed by atoms with Crippen molar-refractivity contribution in [2.45, 2.75) is 20.8 Å². The Labute approximate surface area is 114 Å². The van der Waals surface area contributed by atoms with Crippen molar-refractivity contribution in [3.05, 3.63) is 46.4 Å². The van der Waals surface area contributed by atoms with Gasteiger partial charge in [-0.15, -0.1) is 11.3 Å². The largest absolute Gasteiger partial charge is 0.135 e. The molecule has 2 aromatic carbocycles. The van der Waals surface area contributed by atoms with Gasteiger partial charge in [-0.25, -0.2) is 0 Å². The van der Waals surface area contributed by atoms with E-state index in [-0.39, 0.29) is 0 Å². The van der Waals surface area contributed by atoms with E-state index in [4.69, 9.17) is 0 Å². The van der Waals surface area contributed by atoms with Crippen LogP contribution in [0.1, 0.15) is 19.4 Å². The lowest BCUT2D eigenvalue weighted by Crippen LogP contribution is -1.69. The zero-order chi connectivity index (χ0) is 12.4. The molecule has 0 amide bonds. The van der Waals surface area contributed by atoms with Crippen molar-refractivity contribution in [1.82, 2.24) is 0 Å². The third-order valence-electron chi connectivity index (χ3n) is 2.59. The fraction of sp³-hybridized carbons (Fsp3) is 0.200. The third-order valence-corrected chi connectivity index (χ3v) is 4.20. The summed E-state index contributed by atoms with van der Waals surface area (Å²) in [4.78, 5) is 0. The zero-order valence-corrected chi connectivity index (χ0v) is 12.7. The highest BCUT2D eigenvalue weighted by Crippen LogP contribution is 2.35. The lowest BCUT2D eigenvalue weighted by molar-refractivity contribution is 1.50. The molecule has 1 aromatic heterocycles. The van der Waals surface area contributed by atoms with Crippen LogP contribution in [0.2, 0.25) is 0 Å². The highest BCUT2D eigenvalue weighted by atomic mass is 79.9. The number of fused-ring (bicyclic) bond motifs is 3. The zero-order valence-electron chi connectivity index (χ0n) is 10.3.